The number of halogens is 6. The van der Waals surface area contributed by atoms with Crippen molar-refractivity contribution in [3.05, 3.63) is 63.2 Å². The average molecular weight is 307 g/mol. The lowest BCUT2D eigenvalue weighted by atomic mass is 10.0. The van der Waals surface area contributed by atoms with E-state index in [0.717, 1.165) is 0 Å². The van der Waals surface area contributed by atoms with E-state index in [0.29, 0.717) is 18.2 Å². The summed E-state index contributed by atoms with van der Waals surface area (Å²) in [5, 5.41) is 10.5. The standard InChI is InChI=1S/C12H3F6NO2/c13-6-2-1-4(19(20)21)3-5(6)7-8(14)10(16)12(18)11(17)9(7)15/h1-3H. The zero-order chi connectivity index (χ0) is 15.9. The third kappa shape index (κ3) is 2.30. The van der Waals surface area contributed by atoms with Crippen LogP contribution < -0.4 is 0 Å². The molecule has 0 aliphatic heterocycles. The molecule has 0 N–H and O–H groups in total. The Hall–Kier alpha value is -2.58. The van der Waals surface area contributed by atoms with Crippen molar-refractivity contribution in [3.8, 4) is 11.1 Å². The van der Waals surface area contributed by atoms with Gasteiger partial charge in [-0.15, -0.1) is 0 Å². The summed E-state index contributed by atoms with van der Waals surface area (Å²) >= 11 is 0. The largest absolute Gasteiger partial charge is 0.270 e. The van der Waals surface area contributed by atoms with Crippen LogP contribution in [0.1, 0.15) is 0 Å². The fraction of sp³-hybridized carbons (Fsp3) is 0. The maximum absolute atomic E-state index is 13.5. The van der Waals surface area contributed by atoms with Crippen LogP contribution >= 0.6 is 0 Å². The topological polar surface area (TPSA) is 43.1 Å². The van der Waals surface area contributed by atoms with E-state index in [1.165, 1.54) is 0 Å². The Kier molecular flexibility index (Phi) is 3.58. The molecule has 0 bridgehead atoms. The van der Waals surface area contributed by atoms with Gasteiger partial charge in [-0.2, -0.15) is 0 Å². The van der Waals surface area contributed by atoms with Gasteiger partial charge >= 0.3 is 0 Å². The Labute approximate surface area is 112 Å². The van der Waals surface area contributed by atoms with Gasteiger partial charge in [0.15, 0.2) is 23.3 Å². The van der Waals surface area contributed by atoms with Gasteiger partial charge in [0.25, 0.3) is 5.69 Å². The molecule has 0 saturated carbocycles. The predicted octanol–water partition coefficient (Wildman–Crippen LogP) is 4.10. The maximum atomic E-state index is 13.5. The highest BCUT2D eigenvalue weighted by molar-refractivity contribution is 5.68. The Morgan fingerprint density at radius 2 is 1.29 bits per heavy atom. The van der Waals surface area contributed by atoms with Crippen molar-refractivity contribution in [2.24, 2.45) is 0 Å². The molecule has 0 saturated heterocycles. The summed E-state index contributed by atoms with van der Waals surface area (Å²) in [6.07, 6.45) is 0. The van der Waals surface area contributed by atoms with Crippen molar-refractivity contribution in [2.75, 3.05) is 0 Å². The lowest BCUT2D eigenvalue weighted by Gasteiger charge is -2.09. The summed E-state index contributed by atoms with van der Waals surface area (Å²) in [6, 6.07) is 1.56. The molecule has 0 aromatic heterocycles. The van der Waals surface area contributed by atoms with Gasteiger partial charge in [-0.05, 0) is 6.07 Å². The van der Waals surface area contributed by atoms with Gasteiger partial charge in [0.1, 0.15) is 5.82 Å². The Morgan fingerprint density at radius 3 is 1.76 bits per heavy atom. The number of nitro benzene ring substituents is 1. The van der Waals surface area contributed by atoms with Crippen molar-refractivity contribution in [1.82, 2.24) is 0 Å². The Balaban J connectivity index is 2.85. The molecule has 2 aromatic rings. The quantitative estimate of drug-likeness (QED) is 0.276. The van der Waals surface area contributed by atoms with Gasteiger partial charge < -0.3 is 0 Å². The summed E-state index contributed by atoms with van der Waals surface area (Å²) in [6.45, 7) is 0. The monoisotopic (exact) mass is 307 g/mol. The number of nitrogens with zero attached hydrogens (tertiary/aromatic N) is 1. The second-order valence-corrected chi connectivity index (χ2v) is 3.87. The lowest BCUT2D eigenvalue weighted by Crippen LogP contribution is -2.05. The number of non-ortho nitro benzene ring substituents is 1. The minimum absolute atomic E-state index is 0.383. The summed E-state index contributed by atoms with van der Waals surface area (Å²) in [5.74, 6) is -12.9. The van der Waals surface area contributed by atoms with Crippen LogP contribution in [-0.2, 0) is 0 Å². The zero-order valence-corrected chi connectivity index (χ0v) is 9.76. The van der Waals surface area contributed by atoms with Gasteiger partial charge in [0.05, 0.1) is 10.5 Å². The molecule has 0 spiro atoms. The normalized spacial score (nSPS) is 10.8. The first-order chi connectivity index (χ1) is 9.75. The van der Waals surface area contributed by atoms with Crippen molar-refractivity contribution < 1.29 is 31.3 Å². The van der Waals surface area contributed by atoms with Crippen molar-refractivity contribution >= 4 is 5.69 Å². The predicted molar refractivity (Wildman–Crippen MR) is 58.3 cm³/mol. The van der Waals surface area contributed by atoms with Crippen LogP contribution in [0.2, 0.25) is 0 Å². The van der Waals surface area contributed by atoms with Crippen molar-refractivity contribution in [3.63, 3.8) is 0 Å². The molecule has 0 aliphatic rings. The van der Waals surface area contributed by atoms with Crippen LogP contribution in [0, 0.1) is 45.0 Å². The van der Waals surface area contributed by atoms with Crippen LogP contribution in [0.25, 0.3) is 11.1 Å². The van der Waals surface area contributed by atoms with Gasteiger partial charge in [0, 0.05) is 17.7 Å². The third-order valence-corrected chi connectivity index (χ3v) is 2.64. The third-order valence-electron chi connectivity index (χ3n) is 2.64. The Morgan fingerprint density at radius 1 is 0.810 bits per heavy atom. The second-order valence-electron chi connectivity index (χ2n) is 3.87. The SMILES string of the molecule is O=[N+]([O-])c1ccc(F)c(-c2c(F)c(F)c(F)c(F)c2F)c1. The van der Waals surface area contributed by atoms with E-state index in [4.69, 9.17) is 0 Å². The van der Waals surface area contributed by atoms with E-state index >= 15 is 0 Å². The first-order valence-electron chi connectivity index (χ1n) is 5.21. The molecule has 0 radical (unpaired) electrons. The molecular formula is C12H3F6NO2. The first-order valence-corrected chi connectivity index (χ1v) is 5.21. The molecule has 2 aromatic carbocycles. The summed E-state index contributed by atoms with van der Waals surface area (Å²) in [7, 11) is 0. The van der Waals surface area contributed by atoms with Crippen molar-refractivity contribution in [2.45, 2.75) is 0 Å². The molecule has 0 unspecified atom stereocenters. The second kappa shape index (κ2) is 5.08. The smallest absolute Gasteiger partial charge is 0.258 e. The van der Waals surface area contributed by atoms with Gasteiger partial charge in [0.2, 0.25) is 5.82 Å². The summed E-state index contributed by atoms with van der Waals surface area (Å²) in [5.41, 5.74) is -3.43. The molecule has 3 nitrogen and oxygen atoms in total. The van der Waals surface area contributed by atoms with Gasteiger partial charge in [-0.1, -0.05) is 0 Å². The van der Waals surface area contributed by atoms with Crippen LogP contribution in [-0.4, -0.2) is 4.92 Å². The molecule has 0 aliphatic carbocycles. The minimum Gasteiger partial charge on any atom is -0.258 e. The lowest BCUT2D eigenvalue weighted by molar-refractivity contribution is -0.384. The summed E-state index contributed by atoms with van der Waals surface area (Å²) in [4.78, 5) is 9.54. The van der Waals surface area contributed by atoms with Gasteiger partial charge in [-0.3, -0.25) is 10.1 Å². The number of hydrogen-bond donors (Lipinski definition) is 0. The van der Waals surface area contributed by atoms with E-state index in [2.05, 4.69) is 0 Å². The van der Waals surface area contributed by atoms with E-state index in [1.54, 1.807) is 0 Å². The highest BCUT2D eigenvalue weighted by Crippen LogP contribution is 2.34. The van der Waals surface area contributed by atoms with Crippen LogP contribution in [0.15, 0.2) is 18.2 Å². The Bertz CT molecular complexity index is 733. The maximum Gasteiger partial charge on any atom is 0.270 e. The molecule has 110 valence electrons. The fourth-order valence-electron chi connectivity index (χ4n) is 1.66. The van der Waals surface area contributed by atoms with E-state index in [9.17, 15) is 36.5 Å². The van der Waals surface area contributed by atoms with E-state index < -0.39 is 56.6 Å². The molecule has 0 heterocycles. The highest BCUT2D eigenvalue weighted by atomic mass is 19.2. The number of nitro groups is 1. The molecular weight excluding hydrogens is 304 g/mol. The molecule has 0 fully saturated rings. The number of rotatable bonds is 2. The first kappa shape index (κ1) is 14.8. The van der Waals surface area contributed by atoms with Crippen LogP contribution in [0.4, 0.5) is 32.0 Å². The fourth-order valence-corrected chi connectivity index (χ4v) is 1.66. The van der Waals surface area contributed by atoms with E-state index in [1.807, 2.05) is 0 Å². The van der Waals surface area contributed by atoms with Crippen molar-refractivity contribution in [1.29, 1.82) is 0 Å². The van der Waals surface area contributed by atoms with E-state index in [-0.39, 0.29) is 0 Å². The molecule has 0 amide bonds. The molecule has 0 atom stereocenters. The average Bonchev–Trinajstić information content (AvgIpc) is 2.45. The minimum atomic E-state index is -2.40. The molecule has 21 heavy (non-hydrogen) atoms. The molecule has 2 rings (SSSR count). The summed E-state index contributed by atoms with van der Waals surface area (Å²) < 4.78 is 79.7. The van der Waals surface area contributed by atoms with Gasteiger partial charge in [-0.25, -0.2) is 26.3 Å². The number of benzene rings is 2. The zero-order valence-electron chi connectivity index (χ0n) is 9.76. The van der Waals surface area contributed by atoms with Crippen LogP contribution in [0.3, 0.4) is 0 Å². The number of hydrogen-bond acceptors (Lipinski definition) is 2. The highest BCUT2D eigenvalue weighted by Gasteiger charge is 2.28. The van der Waals surface area contributed by atoms with Crippen LogP contribution in [0.5, 0.6) is 0 Å². The molecule has 9 heteroatoms.